The molecule has 0 aromatic heterocycles. The minimum atomic E-state index is 0.172. The second kappa shape index (κ2) is 7.85. The van der Waals surface area contributed by atoms with Crippen LogP contribution in [-0.2, 0) is 0 Å². The second-order valence-electron chi connectivity index (χ2n) is 7.02. The summed E-state index contributed by atoms with van der Waals surface area (Å²) in [5.74, 6) is 0. The third-order valence-corrected chi connectivity index (χ3v) is 5.20. The molecule has 2 rings (SSSR count). The van der Waals surface area contributed by atoms with Gasteiger partial charge in [-0.05, 0) is 37.8 Å². The molecule has 0 saturated carbocycles. The second-order valence-corrected chi connectivity index (χ2v) is 7.02. The summed E-state index contributed by atoms with van der Waals surface area (Å²) in [7, 11) is 2.27. The summed E-state index contributed by atoms with van der Waals surface area (Å²) in [6, 6.07) is 8.95. The molecule has 1 aliphatic heterocycles. The molecular weight excluding hydrogens is 266 g/mol. The van der Waals surface area contributed by atoms with Gasteiger partial charge >= 0.3 is 0 Å². The number of benzene rings is 1. The number of hydrogen-bond acceptors (Lipinski definition) is 1. The van der Waals surface area contributed by atoms with Gasteiger partial charge in [0.25, 0.3) is 0 Å². The zero-order valence-corrected chi connectivity index (χ0v) is 15.0. The van der Waals surface area contributed by atoms with Crippen LogP contribution in [0.5, 0.6) is 0 Å². The first-order chi connectivity index (χ1) is 10.6. The summed E-state index contributed by atoms with van der Waals surface area (Å²) in [4.78, 5) is 2.50. The molecular formula is C21H33N. The number of anilines is 1. The number of rotatable bonds is 8. The van der Waals surface area contributed by atoms with Gasteiger partial charge in [0.2, 0.25) is 0 Å². The minimum absolute atomic E-state index is 0.172. The minimum Gasteiger partial charge on any atom is -0.365 e. The standard InChI is InChI=1S/C21H33N/c1-5-7-9-13-18-17-21(3,16-12-8-6-2)22(4)20-15-11-10-14-19(18)20/h10-11,14-15,17H,5-9,12-13,16H2,1-4H3. The molecule has 1 atom stereocenters. The molecule has 1 heteroatoms. The lowest BCUT2D eigenvalue weighted by Gasteiger charge is -2.44. The Labute approximate surface area is 137 Å². The lowest BCUT2D eigenvalue weighted by molar-refractivity contribution is 0.468. The van der Waals surface area contributed by atoms with Crippen LogP contribution in [0.25, 0.3) is 5.57 Å². The van der Waals surface area contributed by atoms with E-state index < -0.39 is 0 Å². The zero-order chi connectivity index (χ0) is 16.0. The van der Waals surface area contributed by atoms with Gasteiger partial charge in [-0.25, -0.2) is 0 Å². The summed E-state index contributed by atoms with van der Waals surface area (Å²) >= 11 is 0. The predicted octanol–water partition coefficient (Wildman–Crippen LogP) is 6.44. The molecule has 1 heterocycles. The Kier molecular flexibility index (Phi) is 6.11. The first-order valence-corrected chi connectivity index (χ1v) is 9.17. The summed E-state index contributed by atoms with van der Waals surface area (Å²) in [6.07, 6.45) is 12.9. The van der Waals surface area contributed by atoms with Crippen molar-refractivity contribution in [3.63, 3.8) is 0 Å². The summed E-state index contributed by atoms with van der Waals surface area (Å²) in [5, 5.41) is 0. The Bertz CT molecular complexity index is 502. The van der Waals surface area contributed by atoms with E-state index >= 15 is 0 Å². The van der Waals surface area contributed by atoms with Crippen LogP contribution in [0.3, 0.4) is 0 Å². The molecule has 0 amide bonds. The van der Waals surface area contributed by atoms with Crippen molar-refractivity contribution in [3.05, 3.63) is 35.9 Å². The number of hydrogen-bond donors (Lipinski definition) is 0. The highest BCUT2D eigenvalue weighted by atomic mass is 15.2. The van der Waals surface area contributed by atoms with Crippen molar-refractivity contribution < 1.29 is 0 Å². The van der Waals surface area contributed by atoms with Gasteiger partial charge in [-0.3, -0.25) is 0 Å². The van der Waals surface area contributed by atoms with E-state index in [1.807, 2.05) is 0 Å². The SMILES string of the molecule is CCCCCC1=CC(C)(CCCCC)N(C)c2ccccc21. The van der Waals surface area contributed by atoms with Gasteiger partial charge in [0.15, 0.2) is 0 Å². The highest BCUT2D eigenvalue weighted by molar-refractivity contribution is 5.81. The third kappa shape index (κ3) is 3.74. The first kappa shape index (κ1) is 17.1. The van der Waals surface area contributed by atoms with Gasteiger partial charge < -0.3 is 4.90 Å². The van der Waals surface area contributed by atoms with Crippen molar-refractivity contribution in [2.75, 3.05) is 11.9 Å². The number of nitrogens with zero attached hydrogens (tertiary/aromatic N) is 1. The molecule has 0 bridgehead atoms. The molecule has 0 spiro atoms. The molecule has 1 aromatic rings. The summed E-state index contributed by atoms with van der Waals surface area (Å²) in [5.41, 5.74) is 4.61. The van der Waals surface area contributed by atoms with E-state index in [-0.39, 0.29) is 5.54 Å². The van der Waals surface area contributed by atoms with E-state index in [0.29, 0.717) is 0 Å². The Hall–Kier alpha value is -1.24. The summed E-state index contributed by atoms with van der Waals surface area (Å²) < 4.78 is 0. The number of para-hydroxylation sites is 1. The van der Waals surface area contributed by atoms with Gasteiger partial charge in [0, 0.05) is 18.3 Å². The van der Waals surface area contributed by atoms with Crippen molar-refractivity contribution in [2.45, 2.75) is 77.7 Å². The fourth-order valence-corrected chi connectivity index (χ4v) is 3.61. The Morgan fingerprint density at radius 3 is 2.36 bits per heavy atom. The lowest BCUT2D eigenvalue weighted by atomic mass is 9.82. The predicted molar refractivity (Wildman–Crippen MR) is 99.5 cm³/mol. The van der Waals surface area contributed by atoms with Gasteiger partial charge in [0.1, 0.15) is 0 Å². The largest absolute Gasteiger partial charge is 0.365 e. The van der Waals surface area contributed by atoms with Gasteiger partial charge in [0.05, 0.1) is 5.54 Å². The zero-order valence-electron chi connectivity index (χ0n) is 15.0. The van der Waals surface area contributed by atoms with Crippen molar-refractivity contribution in [3.8, 4) is 0 Å². The van der Waals surface area contributed by atoms with Crippen LogP contribution >= 0.6 is 0 Å². The molecule has 122 valence electrons. The number of fused-ring (bicyclic) bond motifs is 1. The van der Waals surface area contributed by atoms with Crippen LogP contribution in [0, 0.1) is 0 Å². The van der Waals surface area contributed by atoms with Gasteiger partial charge in [-0.1, -0.05) is 70.2 Å². The van der Waals surface area contributed by atoms with Gasteiger partial charge in [-0.2, -0.15) is 0 Å². The summed E-state index contributed by atoms with van der Waals surface area (Å²) in [6.45, 7) is 6.98. The van der Waals surface area contributed by atoms with E-state index in [0.717, 1.165) is 0 Å². The maximum absolute atomic E-state index is 2.57. The molecule has 1 aromatic carbocycles. The maximum atomic E-state index is 2.57. The molecule has 0 radical (unpaired) electrons. The Morgan fingerprint density at radius 2 is 1.64 bits per heavy atom. The van der Waals surface area contributed by atoms with Gasteiger partial charge in [-0.15, -0.1) is 0 Å². The van der Waals surface area contributed by atoms with Crippen molar-refractivity contribution in [2.24, 2.45) is 0 Å². The van der Waals surface area contributed by atoms with Crippen molar-refractivity contribution in [1.29, 1.82) is 0 Å². The molecule has 0 aliphatic carbocycles. The molecule has 22 heavy (non-hydrogen) atoms. The van der Waals surface area contributed by atoms with E-state index in [1.54, 1.807) is 5.57 Å². The fraction of sp³-hybridized carbons (Fsp3) is 0.619. The smallest absolute Gasteiger partial charge is 0.0559 e. The quantitative estimate of drug-likeness (QED) is 0.499. The molecule has 1 nitrogen and oxygen atoms in total. The van der Waals surface area contributed by atoms with Crippen LogP contribution in [0.2, 0.25) is 0 Å². The molecule has 0 fully saturated rings. The van der Waals surface area contributed by atoms with E-state index in [9.17, 15) is 0 Å². The monoisotopic (exact) mass is 299 g/mol. The lowest BCUT2D eigenvalue weighted by Crippen LogP contribution is -2.45. The van der Waals surface area contributed by atoms with Crippen LogP contribution < -0.4 is 4.90 Å². The molecule has 0 N–H and O–H groups in total. The average molecular weight is 300 g/mol. The van der Waals surface area contributed by atoms with Crippen LogP contribution in [0.4, 0.5) is 5.69 Å². The third-order valence-electron chi connectivity index (χ3n) is 5.20. The topological polar surface area (TPSA) is 3.24 Å². The molecule has 1 unspecified atom stereocenters. The normalized spacial score (nSPS) is 20.7. The van der Waals surface area contributed by atoms with Crippen LogP contribution in [0.1, 0.15) is 77.7 Å². The van der Waals surface area contributed by atoms with Crippen LogP contribution in [-0.4, -0.2) is 12.6 Å². The number of unbranched alkanes of at least 4 members (excludes halogenated alkanes) is 4. The molecule has 1 aliphatic rings. The van der Waals surface area contributed by atoms with E-state index in [2.05, 4.69) is 63.1 Å². The Morgan fingerprint density at radius 1 is 0.955 bits per heavy atom. The van der Waals surface area contributed by atoms with E-state index in [4.69, 9.17) is 0 Å². The maximum Gasteiger partial charge on any atom is 0.0559 e. The molecule has 0 saturated heterocycles. The highest BCUT2D eigenvalue weighted by Gasteiger charge is 2.32. The average Bonchev–Trinajstić information content (AvgIpc) is 2.53. The number of allylic oxidation sites excluding steroid dienone is 1. The Balaban J connectivity index is 2.26. The fourth-order valence-electron chi connectivity index (χ4n) is 3.61. The van der Waals surface area contributed by atoms with Crippen molar-refractivity contribution in [1.82, 2.24) is 0 Å². The first-order valence-electron chi connectivity index (χ1n) is 9.17. The van der Waals surface area contributed by atoms with E-state index in [1.165, 1.54) is 62.6 Å². The van der Waals surface area contributed by atoms with Crippen molar-refractivity contribution >= 4 is 11.3 Å². The van der Waals surface area contributed by atoms with Crippen LogP contribution in [0.15, 0.2) is 30.3 Å². The number of likely N-dealkylation sites (N-methyl/N-ethyl adjacent to an activating group) is 1. The highest BCUT2D eigenvalue weighted by Crippen LogP contribution is 2.41.